The topological polar surface area (TPSA) is 85.2 Å². The minimum absolute atomic E-state index is 0.0313. The molecule has 6 heteroatoms. The molecule has 1 aromatic carbocycles. The molecule has 0 amide bonds. The van der Waals surface area contributed by atoms with Gasteiger partial charge in [0.2, 0.25) is 0 Å². The Bertz CT molecular complexity index is 609. The smallest absolute Gasteiger partial charge is 0.258 e. The summed E-state index contributed by atoms with van der Waals surface area (Å²) in [4.78, 5) is 4.39. The van der Waals surface area contributed by atoms with Gasteiger partial charge in [-0.3, -0.25) is 0 Å². The third-order valence-corrected chi connectivity index (χ3v) is 5.11. The number of thioether (sulfide) groups is 1. The fourth-order valence-electron chi connectivity index (χ4n) is 2.53. The van der Waals surface area contributed by atoms with Crippen molar-refractivity contribution in [2.24, 2.45) is 0 Å². The largest absolute Gasteiger partial charge is 0.506 e. The summed E-state index contributed by atoms with van der Waals surface area (Å²) < 4.78 is 5.26. The monoisotopic (exact) mass is 305 g/mol. The number of nitrogens with two attached hydrogens (primary N) is 1. The molecule has 1 aromatic heterocycles. The van der Waals surface area contributed by atoms with Gasteiger partial charge < -0.3 is 15.4 Å². The predicted octanol–water partition coefficient (Wildman–Crippen LogP) is 3.59. The van der Waals surface area contributed by atoms with E-state index < -0.39 is 0 Å². The average molecular weight is 305 g/mol. The molecule has 2 aromatic rings. The Balaban J connectivity index is 1.63. The number of phenols is 1. The van der Waals surface area contributed by atoms with Crippen molar-refractivity contribution < 1.29 is 9.63 Å². The number of benzene rings is 1. The van der Waals surface area contributed by atoms with Gasteiger partial charge in [0.15, 0.2) is 5.82 Å². The molecule has 5 nitrogen and oxygen atoms in total. The number of nitrogens with zero attached hydrogens (tertiary/aromatic N) is 2. The molecule has 3 rings (SSSR count). The van der Waals surface area contributed by atoms with Crippen LogP contribution in [0.2, 0.25) is 0 Å². The molecule has 0 radical (unpaired) electrons. The lowest BCUT2D eigenvalue weighted by Crippen LogP contribution is -2.08. The van der Waals surface area contributed by atoms with Crippen LogP contribution in [0.1, 0.15) is 37.9 Å². The maximum atomic E-state index is 9.62. The molecule has 1 saturated carbocycles. The van der Waals surface area contributed by atoms with Crippen molar-refractivity contribution in [1.82, 2.24) is 10.1 Å². The second kappa shape index (κ2) is 6.39. The molecule has 1 heterocycles. The highest BCUT2D eigenvalue weighted by Crippen LogP contribution is 2.31. The van der Waals surface area contributed by atoms with Crippen molar-refractivity contribution >= 4 is 17.4 Å². The minimum atomic E-state index is 0.0313. The average Bonchev–Trinajstić information content (AvgIpc) is 2.98. The standard InChI is InChI=1S/C15H19N3O2S/c16-12-7-6-10(8-13(12)19)15-17-14(18-20-15)9-21-11-4-2-1-3-5-11/h6-8,11,19H,1-5,9,16H2. The summed E-state index contributed by atoms with van der Waals surface area (Å²) >= 11 is 1.91. The second-order valence-corrected chi connectivity index (χ2v) is 6.65. The molecule has 0 atom stereocenters. The van der Waals surface area contributed by atoms with Gasteiger partial charge >= 0.3 is 0 Å². The molecular weight excluding hydrogens is 286 g/mol. The van der Waals surface area contributed by atoms with Crippen LogP contribution in [0, 0.1) is 0 Å². The molecule has 21 heavy (non-hydrogen) atoms. The van der Waals surface area contributed by atoms with Crippen LogP contribution < -0.4 is 5.73 Å². The van der Waals surface area contributed by atoms with Crippen LogP contribution in [-0.4, -0.2) is 20.5 Å². The van der Waals surface area contributed by atoms with Crippen LogP contribution in [0.4, 0.5) is 5.69 Å². The third kappa shape index (κ3) is 3.50. The van der Waals surface area contributed by atoms with Gasteiger partial charge in [-0.15, -0.1) is 0 Å². The first-order valence-electron chi connectivity index (χ1n) is 7.25. The van der Waals surface area contributed by atoms with E-state index >= 15 is 0 Å². The molecule has 0 aliphatic heterocycles. The van der Waals surface area contributed by atoms with E-state index in [4.69, 9.17) is 10.3 Å². The van der Waals surface area contributed by atoms with E-state index in [1.807, 2.05) is 11.8 Å². The number of rotatable bonds is 4. The first kappa shape index (κ1) is 14.3. The maximum Gasteiger partial charge on any atom is 0.258 e. The van der Waals surface area contributed by atoms with Gasteiger partial charge in [0, 0.05) is 10.8 Å². The summed E-state index contributed by atoms with van der Waals surface area (Å²) in [6.45, 7) is 0. The first-order chi connectivity index (χ1) is 10.2. The first-order valence-corrected chi connectivity index (χ1v) is 8.30. The van der Waals surface area contributed by atoms with Crippen LogP contribution >= 0.6 is 11.8 Å². The molecule has 3 N–H and O–H groups in total. The number of aromatic hydroxyl groups is 1. The third-order valence-electron chi connectivity index (χ3n) is 3.75. The number of hydrogen-bond donors (Lipinski definition) is 2. The molecule has 0 saturated heterocycles. The number of hydrogen-bond acceptors (Lipinski definition) is 6. The molecule has 1 aliphatic carbocycles. The summed E-state index contributed by atoms with van der Waals surface area (Å²) in [6, 6.07) is 4.94. The fourth-order valence-corrected chi connectivity index (χ4v) is 3.70. The van der Waals surface area contributed by atoms with Crippen molar-refractivity contribution in [3.8, 4) is 17.2 Å². The molecule has 1 fully saturated rings. The SMILES string of the molecule is Nc1ccc(-c2nc(CSC3CCCCC3)no2)cc1O. The lowest BCUT2D eigenvalue weighted by atomic mass is 10.0. The van der Waals surface area contributed by atoms with Gasteiger partial charge in [0.05, 0.1) is 11.4 Å². The van der Waals surface area contributed by atoms with E-state index in [2.05, 4.69) is 10.1 Å². The lowest BCUT2D eigenvalue weighted by Gasteiger charge is -2.19. The maximum absolute atomic E-state index is 9.62. The zero-order chi connectivity index (χ0) is 14.7. The van der Waals surface area contributed by atoms with Crippen molar-refractivity contribution in [2.75, 3.05) is 5.73 Å². The normalized spacial score (nSPS) is 16.2. The van der Waals surface area contributed by atoms with Crippen molar-refractivity contribution in [1.29, 1.82) is 0 Å². The zero-order valence-electron chi connectivity index (χ0n) is 11.8. The van der Waals surface area contributed by atoms with E-state index in [1.54, 1.807) is 18.2 Å². The van der Waals surface area contributed by atoms with E-state index in [9.17, 15) is 5.11 Å². The van der Waals surface area contributed by atoms with Gasteiger partial charge in [-0.2, -0.15) is 16.7 Å². The van der Waals surface area contributed by atoms with E-state index in [1.165, 1.54) is 32.1 Å². The zero-order valence-corrected chi connectivity index (χ0v) is 12.6. The Morgan fingerprint density at radius 2 is 2.10 bits per heavy atom. The number of aromatic nitrogens is 2. The highest BCUT2D eigenvalue weighted by Gasteiger charge is 2.16. The van der Waals surface area contributed by atoms with Crippen molar-refractivity contribution in [3.63, 3.8) is 0 Å². The van der Waals surface area contributed by atoms with Gasteiger partial charge in [-0.05, 0) is 31.0 Å². The highest BCUT2D eigenvalue weighted by atomic mass is 32.2. The molecule has 0 spiro atoms. The lowest BCUT2D eigenvalue weighted by molar-refractivity contribution is 0.424. The Morgan fingerprint density at radius 1 is 1.29 bits per heavy atom. The van der Waals surface area contributed by atoms with E-state index in [-0.39, 0.29) is 5.75 Å². The Labute approximate surface area is 127 Å². The van der Waals surface area contributed by atoms with Crippen LogP contribution in [0.5, 0.6) is 5.75 Å². The summed E-state index contributed by atoms with van der Waals surface area (Å²) in [5, 5.41) is 14.4. The summed E-state index contributed by atoms with van der Waals surface area (Å²) in [5.74, 6) is 1.93. The predicted molar refractivity (Wildman–Crippen MR) is 84.0 cm³/mol. The Morgan fingerprint density at radius 3 is 2.86 bits per heavy atom. The van der Waals surface area contributed by atoms with Crippen LogP contribution in [0.25, 0.3) is 11.5 Å². The second-order valence-electron chi connectivity index (χ2n) is 5.36. The number of anilines is 1. The number of nitrogen functional groups attached to an aromatic ring is 1. The van der Waals surface area contributed by atoms with Crippen molar-refractivity contribution in [3.05, 3.63) is 24.0 Å². The summed E-state index contributed by atoms with van der Waals surface area (Å²) in [5.41, 5.74) is 6.60. The van der Waals surface area contributed by atoms with Gasteiger partial charge in [-0.1, -0.05) is 24.4 Å². The van der Waals surface area contributed by atoms with Crippen LogP contribution in [-0.2, 0) is 5.75 Å². The van der Waals surface area contributed by atoms with Gasteiger partial charge in [0.25, 0.3) is 5.89 Å². The number of phenolic OH excluding ortho intramolecular Hbond substituents is 1. The molecule has 0 bridgehead atoms. The van der Waals surface area contributed by atoms with Crippen LogP contribution in [0.15, 0.2) is 22.7 Å². The van der Waals surface area contributed by atoms with Crippen LogP contribution in [0.3, 0.4) is 0 Å². The summed E-state index contributed by atoms with van der Waals surface area (Å²) in [6.07, 6.45) is 6.62. The van der Waals surface area contributed by atoms with Crippen molar-refractivity contribution in [2.45, 2.75) is 43.1 Å². The quantitative estimate of drug-likeness (QED) is 0.663. The van der Waals surface area contributed by atoms with Gasteiger partial charge in [0.1, 0.15) is 5.75 Å². The summed E-state index contributed by atoms with van der Waals surface area (Å²) in [7, 11) is 0. The van der Waals surface area contributed by atoms with E-state index in [0.29, 0.717) is 23.0 Å². The minimum Gasteiger partial charge on any atom is -0.506 e. The molecular formula is C15H19N3O2S. The molecule has 0 unspecified atom stereocenters. The molecule has 112 valence electrons. The molecule has 1 aliphatic rings. The van der Waals surface area contributed by atoms with Gasteiger partial charge in [-0.25, -0.2) is 0 Å². The fraction of sp³-hybridized carbons (Fsp3) is 0.467. The Hall–Kier alpha value is -1.69. The Kier molecular flexibility index (Phi) is 4.34. The van der Waals surface area contributed by atoms with E-state index in [0.717, 1.165) is 11.0 Å². The highest BCUT2D eigenvalue weighted by molar-refractivity contribution is 7.99.